The summed E-state index contributed by atoms with van der Waals surface area (Å²) in [5.41, 5.74) is 2.22. The summed E-state index contributed by atoms with van der Waals surface area (Å²) < 4.78 is 5.88. The highest BCUT2D eigenvalue weighted by atomic mass is 32.2. The summed E-state index contributed by atoms with van der Waals surface area (Å²) in [6, 6.07) is 2.43. The number of aromatic nitrogens is 3. The van der Waals surface area contributed by atoms with Crippen LogP contribution in [0, 0.1) is 6.92 Å². The van der Waals surface area contributed by atoms with Gasteiger partial charge in [-0.25, -0.2) is 9.78 Å². The molecule has 3 N–H and O–H groups in total. The zero-order valence-electron chi connectivity index (χ0n) is 21.4. The van der Waals surface area contributed by atoms with Crippen LogP contribution in [-0.4, -0.2) is 74.9 Å². The first-order valence-electron chi connectivity index (χ1n) is 12.2. The molecule has 5 rings (SSSR count). The Morgan fingerprint density at radius 2 is 2.17 bits per heavy atom. The quantitative estimate of drug-likeness (QED) is 0.140. The van der Waals surface area contributed by atoms with E-state index in [4.69, 9.17) is 9.57 Å². The van der Waals surface area contributed by atoms with Crippen LogP contribution in [0.5, 0.6) is 0 Å². The summed E-state index contributed by atoms with van der Waals surface area (Å²) in [6.07, 6.45) is 3.57. The van der Waals surface area contributed by atoms with E-state index in [0.717, 1.165) is 26.2 Å². The van der Waals surface area contributed by atoms with Gasteiger partial charge in [0.15, 0.2) is 17.6 Å². The number of amides is 2. The number of ether oxygens (including phenoxy) is 1. The van der Waals surface area contributed by atoms with Gasteiger partial charge in [0.1, 0.15) is 11.4 Å². The summed E-state index contributed by atoms with van der Waals surface area (Å²) in [5, 5.41) is 27.3. The molecular weight excluding hydrogens is 560 g/mol. The molecule has 3 aromatic heterocycles. The molecule has 2 aliphatic rings. The van der Waals surface area contributed by atoms with Crippen molar-refractivity contribution in [1.29, 1.82) is 0 Å². The number of oxime groups is 1. The summed E-state index contributed by atoms with van der Waals surface area (Å²) in [5.74, 6) is -3.17. The molecule has 13 nitrogen and oxygen atoms in total. The van der Waals surface area contributed by atoms with Crippen molar-refractivity contribution in [2.45, 2.75) is 31.7 Å². The molecular formula is C25H24N6O7S2. The van der Waals surface area contributed by atoms with Crippen molar-refractivity contribution in [2.24, 2.45) is 5.16 Å². The number of carbonyl (C=O) groups excluding carboxylic acids is 4. The maximum Gasteiger partial charge on any atom is 0.347 e. The second-order valence-corrected chi connectivity index (χ2v) is 10.9. The molecule has 208 valence electrons. The first kappa shape index (κ1) is 27.3. The lowest BCUT2D eigenvalue weighted by Crippen LogP contribution is -2.71. The van der Waals surface area contributed by atoms with Crippen LogP contribution in [0.2, 0.25) is 0 Å². The number of hydrogen-bond donors (Lipinski definition) is 2. The third kappa shape index (κ3) is 5.16. The summed E-state index contributed by atoms with van der Waals surface area (Å²) in [7, 11) is 0. The maximum absolute atomic E-state index is 13.2. The lowest BCUT2D eigenvalue weighted by atomic mass is 9.99. The Labute approximate surface area is 235 Å². The van der Waals surface area contributed by atoms with Crippen LogP contribution >= 0.6 is 23.1 Å². The predicted molar refractivity (Wildman–Crippen MR) is 142 cm³/mol. The molecule has 0 spiro atoms. The van der Waals surface area contributed by atoms with Crippen molar-refractivity contribution in [3.8, 4) is 0 Å². The van der Waals surface area contributed by atoms with Crippen LogP contribution in [0.25, 0.3) is 10.1 Å². The predicted octanol–water partition coefficient (Wildman–Crippen LogP) is -0.323. The molecule has 0 radical (unpaired) electrons. The Morgan fingerprint density at radius 3 is 2.90 bits per heavy atom. The number of β-lactam (4-membered cyclic amide) rings is 1. The number of aliphatic carboxylic acids is 1. The number of carboxylic acids is 1. The highest BCUT2D eigenvalue weighted by Crippen LogP contribution is 2.41. The van der Waals surface area contributed by atoms with Crippen molar-refractivity contribution in [2.75, 3.05) is 19.0 Å². The number of nitrogens with one attached hydrogen (secondary N) is 3. The summed E-state index contributed by atoms with van der Waals surface area (Å²) in [6.45, 7) is 3.27. The van der Waals surface area contributed by atoms with Crippen molar-refractivity contribution in [1.82, 2.24) is 20.4 Å². The average Bonchev–Trinajstić information content (AvgIpc) is 3.64. The number of nitrogens with zero attached hydrogens (tertiary/aromatic N) is 3. The van der Waals surface area contributed by atoms with Crippen LogP contribution in [0.1, 0.15) is 23.9 Å². The van der Waals surface area contributed by atoms with E-state index >= 15 is 0 Å². The fourth-order valence-electron chi connectivity index (χ4n) is 4.52. The van der Waals surface area contributed by atoms with Gasteiger partial charge >= 0.3 is 5.97 Å². The van der Waals surface area contributed by atoms with Crippen LogP contribution < -0.4 is 15.4 Å². The smallest absolute Gasteiger partial charge is 0.347 e. The number of aryl methyl sites for hydroxylation is 1. The van der Waals surface area contributed by atoms with Crippen molar-refractivity contribution >= 4 is 62.6 Å². The molecule has 15 heteroatoms. The van der Waals surface area contributed by atoms with Gasteiger partial charge in [-0.05, 0) is 36.9 Å². The Balaban J connectivity index is 1.34. The van der Waals surface area contributed by atoms with Crippen LogP contribution in [0.3, 0.4) is 0 Å². The zero-order valence-corrected chi connectivity index (χ0v) is 23.0. The molecule has 0 bridgehead atoms. The van der Waals surface area contributed by atoms with Gasteiger partial charge in [0.05, 0.1) is 35.8 Å². The molecule has 2 amide bonds. The largest absolute Gasteiger partial charge is 0.543 e. The first-order chi connectivity index (χ1) is 19.3. The standard InChI is InChI=1S/C25H24N6O7S2/c1-3-37-17(32)10-38-30-18(15-4-6-27-29-15)22(33)28-19-23(34)31-20(25(35)36)13(11-40-24(19)31)8-16-14-5-7-39-21(14)12(2)9-26-16/h4-7,9,19,24H,3,8,10-11H2,1-2H3,(H,27,29)(H,28,33)(H,35,36)/t19?,24-/m1/s1. The first-order valence-corrected chi connectivity index (χ1v) is 14.1. The minimum Gasteiger partial charge on any atom is -0.543 e. The van der Waals surface area contributed by atoms with E-state index in [9.17, 15) is 24.3 Å². The third-order valence-electron chi connectivity index (χ3n) is 6.34. The van der Waals surface area contributed by atoms with E-state index in [1.54, 1.807) is 18.3 Å². The molecule has 0 aromatic carbocycles. The SMILES string of the molecule is CCOC(=O)CON=C(C(=O)NC1C(=O)N2C(C(=O)[O-])=C(Cc3[nH+]cc(C)c4sccc34)CS[C@H]12)c1ccn[nH]1. The fraction of sp³-hybridized carbons (Fsp3) is 0.320. The molecule has 0 aliphatic carbocycles. The molecule has 2 atom stereocenters. The van der Waals surface area contributed by atoms with E-state index in [1.807, 2.05) is 24.6 Å². The number of pyridine rings is 1. The molecule has 40 heavy (non-hydrogen) atoms. The van der Waals surface area contributed by atoms with Gasteiger partial charge in [-0.1, -0.05) is 5.16 Å². The topological polar surface area (TPSA) is 180 Å². The van der Waals surface area contributed by atoms with E-state index < -0.39 is 41.8 Å². The van der Waals surface area contributed by atoms with E-state index in [0.29, 0.717) is 17.7 Å². The number of carboxylic acid groups (broad SMARTS) is 1. The van der Waals surface area contributed by atoms with Crippen LogP contribution in [0.4, 0.5) is 0 Å². The number of esters is 1. The van der Waals surface area contributed by atoms with E-state index in [1.165, 1.54) is 24.0 Å². The van der Waals surface area contributed by atoms with Gasteiger partial charge < -0.3 is 24.8 Å². The lowest BCUT2D eigenvalue weighted by Gasteiger charge is -2.50. The molecule has 5 heterocycles. The molecule has 1 unspecified atom stereocenters. The van der Waals surface area contributed by atoms with Gasteiger partial charge in [0, 0.05) is 22.2 Å². The molecule has 1 saturated heterocycles. The number of thiophene rings is 1. The number of hydrogen-bond acceptors (Lipinski definition) is 11. The van der Waals surface area contributed by atoms with E-state index in [-0.39, 0.29) is 23.7 Å². The van der Waals surface area contributed by atoms with Gasteiger partial charge in [-0.15, -0.1) is 23.1 Å². The minimum atomic E-state index is -1.46. The second-order valence-electron chi connectivity index (χ2n) is 8.88. The number of H-pyrrole nitrogens is 2. The van der Waals surface area contributed by atoms with Crippen LogP contribution in [-0.2, 0) is 35.2 Å². The highest BCUT2D eigenvalue weighted by molar-refractivity contribution is 8.00. The number of rotatable bonds is 10. The second kappa shape index (κ2) is 11.5. The zero-order chi connectivity index (χ0) is 28.4. The van der Waals surface area contributed by atoms with Gasteiger partial charge in [-0.2, -0.15) is 5.10 Å². The maximum atomic E-state index is 13.2. The molecule has 3 aromatic rings. The van der Waals surface area contributed by atoms with Gasteiger partial charge in [0.2, 0.25) is 6.61 Å². The van der Waals surface area contributed by atoms with Crippen molar-refractivity contribution in [3.05, 3.63) is 58.1 Å². The molecule has 1 fully saturated rings. The Kier molecular flexibility index (Phi) is 7.84. The fourth-order valence-corrected chi connectivity index (χ4v) is 6.77. The number of aromatic amines is 2. The summed E-state index contributed by atoms with van der Waals surface area (Å²) >= 11 is 2.94. The van der Waals surface area contributed by atoms with Crippen molar-refractivity contribution in [3.63, 3.8) is 0 Å². The summed E-state index contributed by atoms with van der Waals surface area (Å²) in [4.78, 5) is 59.4. The minimum absolute atomic E-state index is 0.157. The van der Waals surface area contributed by atoms with E-state index in [2.05, 4.69) is 25.7 Å². The third-order valence-corrected chi connectivity index (χ3v) is 8.73. The van der Waals surface area contributed by atoms with Crippen LogP contribution in [0.15, 0.2) is 46.3 Å². The normalized spacial score (nSPS) is 18.8. The Morgan fingerprint density at radius 1 is 1.35 bits per heavy atom. The Hall–Kier alpha value is -4.24. The van der Waals surface area contributed by atoms with Crippen molar-refractivity contribution < 1.29 is 38.8 Å². The van der Waals surface area contributed by atoms with Gasteiger partial charge in [0.25, 0.3) is 11.8 Å². The number of carbonyl (C=O) groups is 4. The lowest BCUT2D eigenvalue weighted by molar-refractivity contribution is -0.387. The highest BCUT2D eigenvalue weighted by Gasteiger charge is 2.53. The average molecular weight is 585 g/mol. The Bertz CT molecular complexity index is 1550. The molecule has 2 aliphatic heterocycles. The monoisotopic (exact) mass is 584 g/mol. The van der Waals surface area contributed by atoms with Gasteiger partial charge in [-0.3, -0.25) is 19.6 Å². The molecule has 0 saturated carbocycles. The number of thioether (sulfide) groups is 1. The number of fused-ring (bicyclic) bond motifs is 2.